The fourth-order valence-electron chi connectivity index (χ4n) is 11.0. The lowest BCUT2D eigenvalue weighted by Crippen LogP contribution is -2.37. The SMILES string of the molecule is CC/C=C\C/C=C\C/C=C\C/C=C\C/C=C\CCCCCCCCCC(=O)OC(COC(=O)CCCCCCCCCCCCCCCCCCCCCCCCCCCCCCC/C=C\CCCCCCCCCC)COP(=O)([O-])OCC[N+](C)(C)C. The quantitative estimate of drug-likeness (QED) is 0.0195. The van der Waals surface area contributed by atoms with Gasteiger partial charge in [-0.15, -0.1) is 0 Å². The Balaban J connectivity index is 3.90. The van der Waals surface area contributed by atoms with E-state index in [0.29, 0.717) is 17.4 Å². The first-order valence-corrected chi connectivity index (χ1v) is 39.1. The minimum absolute atomic E-state index is 0.0345. The number of unbranched alkanes of at least 4 members (excludes halogenated alkanes) is 44. The minimum Gasteiger partial charge on any atom is -0.756 e. The smallest absolute Gasteiger partial charge is 0.306 e. The molecule has 0 rings (SSSR count). The number of quaternary nitrogens is 1. The van der Waals surface area contributed by atoms with Gasteiger partial charge in [-0.25, -0.2) is 0 Å². The second-order valence-corrected chi connectivity index (χ2v) is 28.0. The van der Waals surface area contributed by atoms with Gasteiger partial charge in [-0.3, -0.25) is 14.2 Å². The molecular weight excluding hydrogens is 1110 g/mol. The zero-order valence-corrected chi connectivity index (χ0v) is 59.6. The van der Waals surface area contributed by atoms with E-state index in [9.17, 15) is 19.0 Å². The number of phosphoric ester groups is 1. The Morgan fingerprint density at radius 1 is 0.364 bits per heavy atom. The Morgan fingerprint density at radius 3 is 0.977 bits per heavy atom. The fourth-order valence-corrected chi connectivity index (χ4v) is 11.7. The Hall–Kier alpha value is -2.55. The van der Waals surface area contributed by atoms with E-state index in [1.165, 1.54) is 250 Å². The van der Waals surface area contributed by atoms with Gasteiger partial charge in [0.15, 0.2) is 6.10 Å². The summed E-state index contributed by atoms with van der Waals surface area (Å²) < 4.78 is 34.3. The van der Waals surface area contributed by atoms with Gasteiger partial charge in [-0.05, 0) is 83.5 Å². The molecule has 0 aliphatic heterocycles. The molecule has 0 aromatic heterocycles. The number of carbonyl (C=O) groups excluding carboxylic acids is 2. The van der Waals surface area contributed by atoms with Gasteiger partial charge in [0.05, 0.1) is 27.7 Å². The summed E-state index contributed by atoms with van der Waals surface area (Å²) in [4.78, 5) is 38.1. The predicted octanol–water partition coefficient (Wildman–Crippen LogP) is 24.1. The Labute approximate surface area is 546 Å². The highest BCUT2D eigenvalue weighted by atomic mass is 31.2. The lowest BCUT2D eigenvalue weighted by atomic mass is 10.0. The fraction of sp³-hybridized carbons (Fsp3) is 0.821. The second-order valence-electron chi connectivity index (χ2n) is 26.6. The number of phosphoric acid groups is 1. The van der Waals surface area contributed by atoms with Crippen molar-refractivity contribution in [2.24, 2.45) is 0 Å². The van der Waals surface area contributed by atoms with E-state index < -0.39 is 26.5 Å². The van der Waals surface area contributed by atoms with Gasteiger partial charge < -0.3 is 27.9 Å². The monoisotopic (exact) mass is 1250 g/mol. The van der Waals surface area contributed by atoms with Crippen molar-refractivity contribution >= 4 is 19.8 Å². The number of esters is 2. The van der Waals surface area contributed by atoms with Gasteiger partial charge in [0.25, 0.3) is 7.82 Å². The molecule has 0 bridgehead atoms. The number of rotatable bonds is 70. The summed E-state index contributed by atoms with van der Waals surface area (Å²) in [5.41, 5.74) is 0. The Morgan fingerprint density at radius 2 is 0.648 bits per heavy atom. The minimum atomic E-state index is -4.65. The van der Waals surface area contributed by atoms with Crippen LogP contribution in [0.5, 0.6) is 0 Å². The van der Waals surface area contributed by atoms with Crippen molar-refractivity contribution in [2.75, 3.05) is 47.5 Å². The third-order valence-electron chi connectivity index (χ3n) is 16.7. The van der Waals surface area contributed by atoms with Gasteiger partial charge >= 0.3 is 11.9 Å². The van der Waals surface area contributed by atoms with Crippen LogP contribution in [-0.4, -0.2) is 70.0 Å². The van der Waals surface area contributed by atoms with E-state index >= 15 is 0 Å². The highest BCUT2D eigenvalue weighted by Crippen LogP contribution is 2.38. The van der Waals surface area contributed by atoms with Gasteiger partial charge in [-0.2, -0.15) is 0 Å². The van der Waals surface area contributed by atoms with Crippen LogP contribution in [0.1, 0.15) is 361 Å². The summed E-state index contributed by atoms with van der Waals surface area (Å²) in [6.45, 7) is 4.16. The summed E-state index contributed by atoms with van der Waals surface area (Å²) in [6.07, 6.45) is 93.1. The number of allylic oxidation sites excluding steroid dienone is 12. The molecule has 0 saturated heterocycles. The van der Waals surface area contributed by atoms with Crippen molar-refractivity contribution in [2.45, 2.75) is 367 Å². The molecule has 514 valence electrons. The molecule has 0 spiro atoms. The van der Waals surface area contributed by atoms with Crippen LogP contribution in [0.15, 0.2) is 72.9 Å². The largest absolute Gasteiger partial charge is 0.756 e. The van der Waals surface area contributed by atoms with Crippen LogP contribution < -0.4 is 4.89 Å². The molecule has 0 heterocycles. The van der Waals surface area contributed by atoms with Crippen LogP contribution in [0.2, 0.25) is 0 Å². The molecule has 0 saturated carbocycles. The maximum Gasteiger partial charge on any atom is 0.306 e. The predicted molar refractivity (Wildman–Crippen MR) is 379 cm³/mol. The number of carbonyl (C=O) groups is 2. The average molecular weight is 1250 g/mol. The number of ether oxygens (including phenoxy) is 2. The van der Waals surface area contributed by atoms with E-state index in [0.717, 1.165) is 77.0 Å². The molecular formula is C78H144NO8P. The lowest BCUT2D eigenvalue weighted by Gasteiger charge is -2.28. The molecule has 0 amide bonds. The van der Waals surface area contributed by atoms with Crippen LogP contribution in [0.4, 0.5) is 0 Å². The Bertz CT molecular complexity index is 1710. The third kappa shape index (κ3) is 72.5. The van der Waals surface area contributed by atoms with Crippen molar-refractivity contribution in [1.29, 1.82) is 0 Å². The molecule has 0 N–H and O–H groups in total. The molecule has 88 heavy (non-hydrogen) atoms. The first-order chi connectivity index (χ1) is 43.0. The maximum atomic E-state index is 12.8. The van der Waals surface area contributed by atoms with Crippen LogP contribution in [0, 0.1) is 0 Å². The third-order valence-corrected chi connectivity index (χ3v) is 17.7. The van der Waals surface area contributed by atoms with E-state index in [4.69, 9.17) is 18.5 Å². The van der Waals surface area contributed by atoms with Crippen LogP contribution in [0.25, 0.3) is 0 Å². The number of hydrogen-bond donors (Lipinski definition) is 0. The Kier molecular flexibility index (Phi) is 66.8. The van der Waals surface area contributed by atoms with E-state index in [1.54, 1.807) is 0 Å². The van der Waals surface area contributed by atoms with E-state index in [-0.39, 0.29) is 32.0 Å². The number of likely N-dealkylation sites (N-methyl/N-ethyl adjacent to an activating group) is 1. The van der Waals surface area contributed by atoms with Crippen LogP contribution >= 0.6 is 7.82 Å². The maximum absolute atomic E-state index is 12.8. The first-order valence-electron chi connectivity index (χ1n) is 37.6. The molecule has 2 unspecified atom stereocenters. The van der Waals surface area contributed by atoms with E-state index in [1.807, 2.05) is 21.1 Å². The zero-order valence-electron chi connectivity index (χ0n) is 58.7. The van der Waals surface area contributed by atoms with Crippen LogP contribution in [-0.2, 0) is 32.7 Å². The second kappa shape index (κ2) is 68.8. The molecule has 0 fully saturated rings. The topological polar surface area (TPSA) is 111 Å². The summed E-state index contributed by atoms with van der Waals surface area (Å²) >= 11 is 0. The zero-order chi connectivity index (χ0) is 64.1. The highest BCUT2D eigenvalue weighted by molar-refractivity contribution is 7.45. The van der Waals surface area contributed by atoms with Gasteiger partial charge in [0.2, 0.25) is 0 Å². The molecule has 2 atom stereocenters. The van der Waals surface area contributed by atoms with Crippen molar-refractivity contribution in [1.82, 2.24) is 0 Å². The van der Waals surface area contributed by atoms with Gasteiger partial charge in [-0.1, -0.05) is 337 Å². The summed E-state index contributed by atoms with van der Waals surface area (Å²) in [7, 11) is 1.16. The average Bonchev–Trinajstić information content (AvgIpc) is 3.68. The van der Waals surface area contributed by atoms with Crippen LogP contribution in [0.3, 0.4) is 0 Å². The number of hydrogen-bond acceptors (Lipinski definition) is 8. The summed E-state index contributed by atoms with van der Waals surface area (Å²) in [6, 6.07) is 0. The van der Waals surface area contributed by atoms with Crippen molar-refractivity contribution in [3.05, 3.63) is 72.9 Å². The molecule has 0 aliphatic carbocycles. The van der Waals surface area contributed by atoms with Crippen molar-refractivity contribution in [3.8, 4) is 0 Å². The molecule has 9 nitrogen and oxygen atoms in total. The summed E-state index contributed by atoms with van der Waals surface area (Å²) in [5, 5.41) is 0. The summed E-state index contributed by atoms with van der Waals surface area (Å²) in [5.74, 6) is -0.834. The normalized spacial score (nSPS) is 13.5. The first kappa shape index (κ1) is 85.5. The van der Waals surface area contributed by atoms with Gasteiger partial charge in [0, 0.05) is 12.8 Å². The van der Waals surface area contributed by atoms with Gasteiger partial charge in [0.1, 0.15) is 19.8 Å². The molecule has 10 heteroatoms. The standard InChI is InChI=1S/C78H144NO8P/c1-6-8-10-12-14-16-18-20-22-24-26-28-30-31-32-33-34-35-36-37-38-39-40-41-42-43-44-45-46-47-49-50-52-54-56-58-60-62-64-66-68-70-77(80)84-74-76(75-86-88(82,83)85-73-72-79(3,4)5)87-78(81)71-69-67-65-63-61-59-57-55-53-51-48-29-27-25-23-21-19-17-15-13-11-9-7-2/h9,11,15,17,21,23-24,26-27,29,51,53,76H,6-8,10,12-14,16,18-20,22,25,28,30-50,52,54-75H2,1-5H3/b11-9-,17-15-,23-21-,26-24-,29-27-,53-51-. The molecule has 0 aliphatic rings. The molecule has 0 aromatic rings. The lowest BCUT2D eigenvalue weighted by molar-refractivity contribution is -0.870. The van der Waals surface area contributed by atoms with Crippen molar-refractivity contribution < 1.29 is 42.1 Å². The highest BCUT2D eigenvalue weighted by Gasteiger charge is 2.22. The van der Waals surface area contributed by atoms with E-state index in [2.05, 4.69) is 86.8 Å². The van der Waals surface area contributed by atoms with Crippen molar-refractivity contribution in [3.63, 3.8) is 0 Å². The molecule has 0 radical (unpaired) electrons. The molecule has 0 aromatic carbocycles. The number of nitrogens with zero attached hydrogens (tertiary/aromatic N) is 1.